The first-order valence-electron chi connectivity index (χ1n) is 5.10. The third kappa shape index (κ3) is 2.81. The van der Waals surface area contributed by atoms with E-state index in [1.165, 1.54) is 17.6 Å². The normalized spacial score (nSPS) is 16.1. The van der Waals surface area contributed by atoms with Crippen LogP contribution in [0.25, 0.3) is 0 Å². The van der Waals surface area contributed by atoms with Crippen molar-refractivity contribution in [2.75, 3.05) is 13.3 Å². The van der Waals surface area contributed by atoms with E-state index in [0.29, 0.717) is 5.01 Å². The van der Waals surface area contributed by atoms with Gasteiger partial charge in [-0.25, -0.2) is 13.4 Å². The maximum absolute atomic E-state index is 11.4. The minimum Gasteiger partial charge on any atom is -0.312 e. The summed E-state index contributed by atoms with van der Waals surface area (Å²) in [4.78, 5) is 5.45. The largest absolute Gasteiger partial charge is 0.312 e. The molecule has 1 aromatic heterocycles. The maximum Gasteiger partial charge on any atom is 0.156 e. The SMILES string of the molecule is CNC(C)c1sc(C(C)S(C)(=O)=O)nc1C. The Hall–Kier alpha value is -0.460. The predicted octanol–water partition coefficient (Wildman–Crippen LogP) is 1.84. The Balaban J connectivity index is 3.11. The van der Waals surface area contributed by atoms with Gasteiger partial charge >= 0.3 is 0 Å². The molecule has 6 heteroatoms. The van der Waals surface area contributed by atoms with Crippen LogP contribution in [0.4, 0.5) is 0 Å². The van der Waals surface area contributed by atoms with Crippen LogP contribution in [-0.2, 0) is 9.84 Å². The van der Waals surface area contributed by atoms with Crippen LogP contribution in [0.15, 0.2) is 0 Å². The molecule has 92 valence electrons. The van der Waals surface area contributed by atoms with Gasteiger partial charge in [0.05, 0.1) is 5.69 Å². The number of nitrogens with one attached hydrogen (secondary N) is 1. The number of thiazole rings is 1. The van der Waals surface area contributed by atoms with Gasteiger partial charge in [-0.2, -0.15) is 0 Å². The minimum atomic E-state index is -3.06. The molecule has 0 fully saturated rings. The molecule has 0 aliphatic rings. The van der Waals surface area contributed by atoms with Crippen molar-refractivity contribution in [3.63, 3.8) is 0 Å². The lowest BCUT2D eigenvalue weighted by atomic mass is 10.2. The summed E-state index contributed by atoms with van der Waals surface area (Å²) in [7, 11) is -1.19. The van der Waals surface area contributed by atoms with Crippen LogP contribution < -0.4 is 5.32 Å². The quantitative estimate of drug-likeness (QED) is 0.899. The number of aromatic nitrogens is 1. The van der Waals surface area contributed by atoms with E-state index in [0.717, 1.165) is 10.6 Å². The summed E-state index contributed by atoms with van der Waals surface area (Å²) in [5.41, 5.74) is 0.914. The maximum atomic E-state index is 11.4. The lowest BCUT2D eigenvalue weighted by Gasteiger charge is -2.07. The zero-order chi connectivity index (χ0) is 12.5. The Labute approximate surface area is 101 Å². The van der Waals surface area contributed by atoms with Gasteiger partial charge in [0.15, 0.2) is 9.84 Å². The van der Waals surface area contributed by atoms with E-state index < -0.39 is 15.1 Å². The molecule has 1 N–H and O–H groups in total. The summed E-state index contributed by atoms with van der Waals surface area (Å²) in [6, 6.07) is 0.206. The molecule has 0 aliphatic carbocycles. The molecule has 2 unspecified atom stereocenters. The van der Waals surface area contributed by atoms with Crippen molar-refractivity contribution in [1.29, 1.82) is 0 Å². The van der Waals surface area contributed by atoms with Crippen molar-refractivity contribution in [2.45, 2.75) is 32.1 Å². The Morgan fingerprint density at radius 3 is 2.38 bits per heavy atom. The Morgan fingerprint density at radius 2 is 1.94 bits per heavy atom. The second-order valence-corrected chi connectivity index (χ2v) is 7.41. The number of rotatable bonds is 4. The van der Waals surface area contributed by atoms with E-state index in [1.807, 2.05) is 20.9 Å². The van der Waals surface area contributed by atoms with Crippen LogP contribution >= 0.6 is 11.3 Å². The Morgan fingerprint density at radius 1 is 1.38 bits per heavy atom. The molecule has 0 amide bonds. The van der Waals surface area contributed by atoms with Crippen LogP contribution in [0.2, 0.25) is 0 Å². The van der Waals surface area contributed by atoms with Gasteiger partial charge < -0.3 is 5.32 Å². The van der Waals surface area contributed by atoms with Crippen LogP contribution in [0, 0.1) is 6.92 Å². The lowest BCUT2D eigenvalue weighted by Crippen LogP contribution is -2.11. The number of hydrogen-bond donors (Lipinski definition) is 1. The third-order valence-corrected chi connectivity index (χ3v) is 5.85. The second kappa shape index (κ2) is 4.81. The van der Waals surface area contributed by atoms with Crippen molar-refractivity contribution in [2.24, 2.45) is 0 Å². The van der Waals surface area contributed by atoms with Crippen molar-refractivity contribution in [3.05, 3.63) is 15.6 Å². The molecule has 4 nitrogen and oxygen atoms in total. The third-order valence-electron chi connectivity index (χ3n) is 2.67. The average molecular weight is 262 g/mol. The molecule has 0 aromatic carbocycles. The first-order valence-corrected chi connectivity index (χ1v) is 7.87. The van der Waals surface area contributed by atoms with E-state index in [4.69, 9.17) is 0 Å². The molecule has 1 heterocycles. The van der Waals surface area contributed by atoms with Gasteiger partial charge in [-0.15, -0.1) is 11.3 Å². The van der Waals surface area contributed by atoms with Gasteiger partial charge in [0.2, 0.25) is 0 Å². The van der Waals surface area contributed by atoms with Crippen LogP contribution in [0.3, 0.4) is 0 Å². The van der Waals surface area contributed by atoms with Crippen molar-refractivity contribution >= 4 is 21.2 Å². The fraction of sp³-hybridized carbons (Fsp3) is 0.700. The monoisotopic (exact) mass is 262 g/mol. The van der Waals surface area contributed by atoms with Crippen molar-refractivity contribution < 1.29 is 8.42 Å². The summed E-state index contributed by atoms with van der Waals surface area (Å²) in [5.74, 6) is 0. The second-order valence-electron chi connectivity index (χ2n) is 3.98. The van der Waals surface area contributed by atoms with E-state index in [1.54, 1.807) is 6.92 Å². The van der Waals surface area contributed by atoms with Gasteiger partial charge in [0.25, 0.3) is 0 Å². The molecular weight excluding hydrogens is 244 g/mol. The standard InChI is InChI=1S/C10H18N2O2S2/c1-6(11-4)9-7(2)12-10(15-9)8(3)16(5,13)14/h6,8,11H,1-5H3. The van der Waals surface area contributed by atoms with Gasteiger partial charge in [-0.05, 0) is 27.8 Å². The van der Waals surface area contributed by atoms with E-state index >= 15 is 0 Å². The predicted molar refractivity (Wildman–Crippen MR) is 67.6 cm³/mol. The molecule has 0 radical (unpaired) electrons. The number of hydrogen-bond acceptors (Lipinski definition) is 5. The fourth-order valence-electron chi connectivity index (χ4n) is 1.32. The zero-order valence-corrected chi connectivity index (χ0v) is 11.9. The summed E-state index contributed by atoms with van der Waals surface area (Å²) in [5, 5.41) is 3.29. The highest BCUT2D eigenvalue weighted by atomic mass is 32.2. The highest BCUT2D eigenvalue weighted by Crippen LogP contribution is 2.31. The molecule has 16 heavy (non-hydrogen) atoms. The first-order chi connectivity index (χ1) is 7.27. The molecule has 0 saturated heterocycles. The summed E-state index contributed by atoms with van der Waals surface area (Å²) < 4.78 is 22.9. The highest BCUT2D eigenvalue weighted by Gasteiger charge is 2.23. The molecule has 1 aromatic rings. The van der Waals surface area contributed by atoms with Gasteiger partial charge in [-0.3, -0.25) is 0 Å². The Kier molecular flexibility index (Phi) is 4.09. The molecule has 1 rings (SSSR count). The topological polar surface area (TPSA) is 59.1 Å². The molecule has 0 saturated carbocycles. The molecule has 0 bridgehead atoms. The smallest absolute Gasteiger partial charge is 0.156 e. The highest BCUT2D eigenvalue weighted by molar-refractivity contribution is 7.91. The van der Waals surface area contributed by atoms with Crippen molar-refractivity contribution in [3.8, 4) is 0 Å². The minimum absolute atomic E-state index is 0.206. The van der Waals surface area contributed by atoms with Gasteiger partial charge in [-0.1, -0.05) is 0 Å². The van der Waals surface area contributed by atoms with Crippen LogP contribution in [0.5, 0.6) is 0 Å². The van der Waals surface area contributed by atoms with E-state index in [9.17, 15) is 8.42 Å². The summed E-state index contributed by atoms with van der Waals surface area (Å²) in [6.07, 6.45) is 1.25. The van der Waals surface area contributed by atoms with Gasteiger partial charge in [0.1, 0.15) is 10.3 Å². The fourth-order valence-corrected chi connectivity index (χ4v) is 3.47. The van der Waals surface area contributed by atoms with E-state index in [-0.39, 0.29) is 6.04 Å². The number of aryl methyl sites for hydroxylation is 1. The summed E-state index contributed by atoms with van der Waals surface area (Å²) >= 11 is 1.47. The number of sulfone groups is 1. The zero-order valence-electron chi connectivity index (χ0n) is 10.2. The molecule has 0 spiro atoms. The Bertz CT molecular complexity index is 465. The molecular formula is C10H18N2O2S2. The van der Waals surface area contributed by atoms with Crippen LogP contribution in [0.1, 0.15) is 40.7 Å². The number of nitrogens with zero attached hydrogens (tertiary/aromatic N) is 1. The van der Waals surface area contributed by atoms with Gasteiger partial charge in [0, 0.05) is 17.2 Å². The molecule has 0 aliphatic heterocycles. The summed E-state index contributed by atoms with van der Waals surface area (Å²) in [6.45, 7) is 5.63. The van der Waals surface area contributed by atoms with Crippen LogP contribution in [-0.4, -0.2) is 26.7 Å². The van der Waals surface area contributed by atoms with E-state index in [2.05, 4.69) is 10.3 Å². The average Bonchev–Trinajstić information content (AvgIpc) is 2.56. The van der Waals surface area contributed by atoms with Crippen molar-refractivity contribution in [1.82, 2.24) is 10.3 Å². The lowest BCUT2D eigenvalue weighted by molar-refractivity contribution is 0.592. The first kappa shape index (κ1) is 13.6. The molecule has 2 atom stereocenters.